The Hall–Kier alpha value is -0.570. The van der Waals surface area contributed by atoms with Gasteiger partial charge >= 0.3 is 5.97 Å². The second-order valence-corrected chi connectivity index (χ2v) is 2.12. The van der Waals surface area contributed by atoms with Crippen molar-refractivity contribution in [3.63, 3.8) is 0 Å². The van der Waals surface area contributed by atoms with Gasteiger partial charge in [0.15, 0.2) is 0 Å². The molecular weight excluding hydrogens is 132 g/mol. The van der Waals surface area contributed by atoms with Crippen LogP contribution in [0.2, 0.25) is 0 Å². The Morgan fingerprint density at radius 1 is 1.50 bits per heavy atom. The fourth-order valence-corrected chi connectivity index (χ4v) is 0.366. The van der Waals surface area contributed by atoms with Crippen molar-refractivity contribution >= 4 is 5.97 Å². The van der Waals surface area contributed by atoms with Crippen molar-refractivity contribution in [1.82, 2.24) is 0 Å². The van der Waals surface area contributed by atoms with Crippen LogP contribution in [0.4, 0.5) is 0 Å². The van der Waals surface area contributed by atoms with Gasteiger partial charge in [0.25, 0.3) is 0 Å². The van der Waals surface area contributed by atoms with E-state index in [1.54, 1.807) is 13.8 Å². The highest BCUT2D eigenvalue weighted by Gasteiger charge is 2.11. The first-order valence-corrected chi connectivity index (χ1v) is 3.55. The van der Waals surface area contributed by atoms with Crippen molar-refractivity contribution in [2.45, 2.75) is 27.2 Å². The molecule has 0 aromatic carbocycles. The van der Waals surface area contributed by atoms with Crippen LogP contribution < -0.4 is 0 Å². The molecule has 0 aromatic heterocycles. The van der Waals surface area contributed by atoms with Crippen molar-refractivity contribution in [2.24, 2.45) is 5.92 Å². The van der Waals surface area contributed by atoms with E-state index < -0.39 is 0 Å². The van der Waals surface area contributed by atoms with Gasteiger partial charge in [0.05, 0.1) is 12.5 Å². The van der Waals surface area contributed by atoms with Gasteiger partial charge in [-0.15, -0.1) is 0 Å². The number of hydrogen-bond donors (Lipinski definition) is 0. The lowest BCUT2D eigenvalue weighted by Crippen LogP contribution is -2.13. The van der Waals surface area contributed by atoms with Gasteiger partial charge in [0.1, 0.15) is 0 Å². The molecule has 0 aliphatic rings. The molecule has 1 atom stereocenters. The Morgan fingerprint density at radius 3 is 2.50 bits per heavy atom. The van der Waals surface area contributed by atoms with Crippen LogP contribution in [0.25, 0.3) is 0 Å². The van der Waals surface area contributed by atoms with E-state index in [0.29, 0.717) is 6.61 Å². The molecule has 0 aliphatic heterocycles. The minimum Gasteiger partial charge on any atom is -0.298 e. The van der Waals surface area contributed by atoms with E-state index >= 15 is 0 Å². The van der Waals surface area contributed by atoms with Gasteiger partial charge in [-0.1, -0.05) is 13.8 Å². The summed E-state index contributed by atoms with van der Waals surface area (Å²) in [5, 5.41) is 0. The quantitative estimate of drug-likeness (QED) is 0.445. The van der Waals surface area contributed by atoms with E-state index in [1.165, 1.54) is 0 Å². The highest BCUT2D eigenvalue weighted by Crippen LogP contribution is 2.02. The molecule has 0 aliphatic carbocycles. The van der Waals surface area contributed by atoms with E-state index in [0.717, 1.165) is 6.42 Å². The molecule has 0 N–H and O–H groups in total. The summed E-state index contributed by atoms with van der Waals surface area (Å²) < 4.78 is 0. The summed E-state index contributed by atoms with van der Waals surface area (Å²) in [6, 6.07) is 0. The van der Waals surface area contributed by atoms with E-state index in [1.807, 2.05) is 6.92 Å². The van der Waals surface area contributed by atoms with E-state index in [9.17, 15) is 4.79 Å². The summed E-state index contributed by atoms with van der Waals surface area (Å²) in [7, 11) is 0. The summed E-state index contributed by atoms with van der Waals surface area (Å²) >= 11 is 0. The largest absolute Gasteiger partial charge is 0.345 e. The van der Waals surface area contributed by atoms with Gasteiger partial charge in [0.2, 0.25) is 0 Å². The van der Waals surface area contributed by atoms with Crippen LogP contribution in [-0.2, 0) is 14.6 Å². The highest BCUT2D eigenvalue weighted by molar-refractivity contribution is 5.71. The van der Waals surface area contributed by atoms with Crippen molar-refractivity contribution in [3.8, 4) is 0 Å². The molecule has 1 unspecified atom stereocenters. The molecule has 0 saturated heterocycles. The molecular formula is C7H14O3. The normalized spacial score (nSPS) is 12.7. The molecule has 10 heavy (non-hydrogen) atoms. The molecule has 3 nitrogen and oxygen atoms in total. The molecule has 0 heterocycles. The van der Waals surface area contributed by atoms with Crippen molar-refractivity contribution < 1.29 is 14.6 Å². The topological polar surface area (TPSA) is 35.5 Å². The summed E-state index contributed by atoms with van der Waals surface area (Å²) in [5.74, 6) is -0.351. The number of rotatable bonds is 4. The third-order valence-corrected chi connectivity index (χ3v) is 1.27. The molecule has 0 radical (unpaired) electrons. The Morgan fingerprint density at radius 2 is 2.10 bits per heavy atom. The van der Waals surface area contributed by atoms with Crippen molar-refractivity contribution in [3.05, 3.63) is 0 Å². The Kier molecular flexibility index (Phi) is 4.94. The van der Waals surface area contributed by atoms with Gasteiger partial charge in [0, 0.05) is 0 Å². The maximum Gasteiger partial charge on any atom is 0.345 e. The molecule has 0 spiro atoms. The van der Waals surface area contributed by atoms with E-state index in [4.69, 9.17) is 0 Å². The van der Waals surface area contributed by atoms with Gasteiger partial charge in [-0.2, -0.15) is 4.89 Å². The van der Waals surface area contributed by atoms with Crippen LogP contribution in [0, 0.1) is 5.92 Å². The Labute approximate surface area is 61.2 Å². The zero-order valence-corrected chi connectivity index (χ0v) is 6.72. The maximum atomic E-state index is 10.8. The lowest BCUT2D eigenvalue weighted by atomic mass is 10.1. The molecule has 0 fully saturated rings. The first kappa shape index (κ1) is 9.43. The smallest absolute Gasteiger partial charge is 0.298 e. The minimum atomic E-state index is -0.288. The first-order chi connectivity index (χ1) is 4.72. The van der Waals surface area contributed by atoms with Crippen LogP contribution in [-0.4, -0.2) is 12.6 Å². The Balaban J connectivity index is 3.42. The highest BCUT2D eigenvalue weighted by atomic mass is 17.2. The second-order valence-electron chi connectivity index (χ2n) is 2.12. The van der Waals surface area contributed by atoms with E-state index in [2.05, 4.69) is 9.78 Å². The van der Waals surface area contributed by atoms with Gasteiger partial charge in [-0.25, -0.2) is 4.79 Å². The summed E-state index contributed by atoms with van der Waals surface area (Å²) in [6.45, 7) is 5.91. The maximum absolute atomic E-state index is 10.8. The van der Waals surface area contributed by atoms with Crippen molar-refractivity contribution in [1.29, 1.82) is 0 Å². The second kappa shape index (κ2) is 5.23. The zero-order valence-electron chi connectivity index (χ0n) is 6.72. The summed E-state index contributed by atoms with van der Waals surface area (Å²) in [4.78, 5) is 19.7. The van der Waals surface area contributed by atoms with Crippen molar-refractivity contribution in [2.75, 3.05) is 6.61 Å². The number of carbonyl (C=O) groups excluding carboxylic acids is 1. The minimum absolute atomic E-state index is 0.0634. The number of hydrogen-bond acceptors (Lipinski definition) is 3. The molecule has 0 rings (SSSR count). The molecule has 0 amide bonds. The third-order valence-electron chi connectivity index (χ3n) is 1.27. The average Bonchev–Trinajstić information content (AvgIpc) is 1.98. The first-order valence-electron chi connectivity index (χ1n) is 3.55. The standard InChI is InChI=1S/C7H14O3/c1-4-6(3)7(8)10-9-5-2/h6H,4-5H2,1-3H3. The summed E-state index contributed by atoms with van der Waals surface area (Å²) in [6.07, 6.45) is 0.784. The van der Waals surface area contributed by atoms with Gasteiger partial charge in [-0.3, -0.25) is 4.89 Å². The van der Waals surface area contributed by atoms with Crippen LogP contribution >= 0.6 is 0 Å². The van der Waals surface area contributed by atoms with Crippen LogP contribution in [0.15, 0.2) is 0 Å². The Bertz CT molecular complexity index is 101. The van der Waals surface area contributed by atoms with Gasteiger partial charge in [-0.05, 0) is 13.3 Å². The fourth-order valence-electron chi connectivity index (χ4n) is 0.366. The lowest BCUT2D eigenvalue weighted by molar-refractivity contribution is -0.273. The van der Waals surface area contributed by atoms with Gasteiger partial charge < -0.3 is 0 Å². The third kappa shape index (κ3) is 3.45. The molecule has 3 heteroatoms. The number of carbonyl (C=O) groups is 1. The monoisotopic (exact) mass is 146 g/mol. The SMILES string of the molecule is CCOOC(=O)C(C)CC. The predicted octanol–water partition coefficient (Wildman–Crippen LogP) is 1.53. The fraction of sp³-hybridized carbons (Fsp3) is 0.857. The van der Waals surface area contributed by atoms with Crippen LogP contribution in [0.5, 0.6) is 0 Å². The molecule has 0 bridgehead atoms. The zero-order chi connectivity index (χ0) is 7.98. The molecule has 60 valence electrons. The molecule has 0 aromatic rings. The van der Waals surface area contributed by atoms with E-state index in [-0.39, 0.29) is 11.9 Å². The average molecular weight is 146 g/mol. The predicted molar refractivity (Wildman–Crippen MR) is 37.2 cm³/mol. The van der Waals surface area contributed by atoms with Crippen LogP contribution in [0.3, 0.4) is 0 Å². The summed E-state index contributed by atoms with van der Waals surface area (Å²) in [5.41, 5.74) is 0. The lowest BCUT2D eigenvalue weighted by Gasteiger charge is -2.05. The molecule has 0 saturated carbocycles. The van der Waals surface area contributed by atoms with Crippen LogP contribution in [0.1, 0.15) is 27.2 Å².